The molecule has 0 atom stereocenters. The average Bonchev–Trinajstić information content (AvgIpc) is 2.48. The smallest absolute Gasteiger partial charge is 0.255 e. The molecular weight excluding hydrogens is 385 g/mol. The molecule has 0 radical (unpaired) electrons. The van der Waals surface area contributed by atoms with Crippen molar-refractivity contribution in [1.29, 1.82) is 0 Å². The maximum absolute atomic E-state index is 12.6. The molecule has 4 heteroatoms. The molecule has 2 nitrogen and oxygen atoms in total. The van der Waals surface area contributed by atoms with Crippen LogP contribution >= 0.6 is 34.2 Å². The number of hydrogen-bond donors (Lipinski definition) is 0. The lowest BCUT2D eigenvalue weighted by Gasteiger charge is -2.22. The number of carbonyl (C=O) groups is 1. The monoisotopic (exact) mass is 399 g/mol. The fraction of sp³-hybridized carbons (Fsp3) is 0.188. The van der Waals surface area contributed by atoms with Crippen molar-refractivity contribution in [3.05, 3.63) is 69.3 Å². The van der Waals surface area contributed by atoms with Crippen LogP contribution in [-0.2, 0) is 6.54 Å². The molecule has 104 valence electrons. The van der Waals surface area contributed by atoms with Crippen molar-refractivity contribution < 1.29 is 4.79 Å². The molecule has 0 heterocycles. The Morgan fingerprint density at radius 3 is 2.35 bits per heavy atom. The molecule has 0 aromatic heterocycles. The van der Waals surface area contributed by atoms with Crippen molar-refractivity contribution in [2.75, 3.05) is 12.4 Å². The molecule has 0 aliphatic heterocycles. The molecule has 0 bridgehead atoms. The normalized spacial score (nSPS) is 10.3. The van der Waals surface area contributed by atoms with E-state index in [-0.39, 0.29) is 5.91 Å². The number of carbonyl (C=O) groups excluding carboxylic acids is 1. The van der Waals surface area contributed by atoms with Gasteiger partial charge in [-0.2, -0.15) is 0 Å². The minimum atomic E-state index is 0.0273. The Morgan fingerprint density at radius 1 is 1.05 bits per heavy atom. The van der Waals surface area contributed by atoms with Crippen molar-refractivity contribution in [2.24, 2.45) is 0 Å². The quantitative estimate of drug-likeness (QED) is 0.546. The lowest BCUT2D eigenvalue weighted by molar-refractivity contribution is 0.0752. The lowest BCUT2D eigenvalue weighted by atomic mass is 10.1. The van der Waals surface area contributed by atoms with E-state index < -0.39 is 0 Å². The molecular formula is C16H15ClINO. The highest BCUT2D eigenvalue weighted by atomic mass is 127. The summed E-state index contributed by atoms with van der Waals surface area (Å²) < 4.78 is 0.961. The second kappa shape index (κ2) is 7.64. The van der Waals surface area contributed by atoms with Gasteiger partial charge in [0.15, 0.2) is 0 Å². The van der Waals surface area contributed by atoms with Crippen LogP contribution in [0.15, 0.2) is 54.6 Å². The predicted molar refractivity (Wildman–Crippen MR) is 91.1 cm³/mol. The molecule has 2 aromatic carbocycles. The molecule has 2 aromatic rings. The largest absolute Gasteiger partial charge is 0.333 e. The maximum Gasteiger partial charge on any atom is 0.255 e. The van der Waals surface area contributed by atoms with Crippen molar-refractivity contribution in [3.8, 4) is 0 Å². The van der Waals surface area contributed by atoms with Gasteiger partial charge in [-0.1, -0.05) is 42.5 Å². The van der Waals surface area contributed by atoms with Crippen LogP contribution in [0.1, 0.15) is 15.9 Å². The summed E-state index contributed by atoms with van der Waals surface area (Å²) in [7, 11) is 0. The van der Waals surface area contributed by atoms with Crippen molar-refractivity contribution in [2.45, 2.75) is 6.54 Å². The summed E-state index contributed by atoms with van der Waals surface area (Å²) in [5.41, 5.74) is 1.84. The lowest BCUT2D eigenvalue weighted by Crippen LogP contribution is -2.32. The minimum absolute atomic E-state index is 0.0273. The Hall–Kier alpha value is -1.07. The third-order valence-electron chi connectivity index (χ3n) is 2.96. The van der Waals surface area contributed by atoms with E-state index in [9.17, 15) is 4.79 Å². The molecule has 2 rings (SSSR count). The summed E-state index contributed by atoms with van der Waals surface area (Å²) in [5.74, 6) is 0.460. The summed E-state index contributed by atoms with van der Waals surface area (Å²) in [4.78, 5) is 14.4. The molecule has 20 heavy (non-hydrogen) atoms. The highest BCUT2D eigenvalue weighted by Gasteiger charge is 2.17. The Bertz CT molecular complexity index is 574. The molecule has 0 saturated carbocycles. The van der Waals surface area contributed by atoms with Crippen LogP contribution in [0.4, 0.5) is 0 Å². The summed E-state index contributed by atoms with van der Waals surface area (Å²) >= 11 is 8.03. The van der Waals surface area contributed by atoms with E-state index in [2.05, 4.69) is 22.6 Å². The summed E-state index contributed by atoms with van der Waals surface area (Å²) in [6.45, 7) is 1.12. The zero-order valence-electron chi connectivity index (χ0n) is 10.9. The summed E-state index contributed by atoms with van der Waals surface area (Å²) in [5, 5.41) is 0. The second-order valence-electron chi connectivity index (χ2n) is 4.38. The Kier molecular flexibility index (Phi) is 5.86. The minimum Gasteiger partial charge on any atom is -0.333 e. The van der Waals surface area contributed by atoms with Gasteiger partial charge in [-0.15, -0.1) is 11.6 Å². The van der Waals surface area contributed by atoms with E-state index in [1.807, 2.05) is 54.6 Å². The highest BCUT2D eigenvalue weighted by molar-refractivity contribution is 14.1. The SMILES string of the molecule is O=C(c1ccccc1I)N(CCCl)Cc1ccccc1. The van der Waals surface area contributed by atoms with Gasteiger partial charge < -0.3 is 4.90 Å². The third-order valence-corrected chi connectivity index (χ3v) is 4.07. The first-order valence-corrected chi connectivity index (χ1v) is 7.97. The van der Waals surface area contributed by atoms with Gasteiger partial charge in [-0.3, -0.25) is 4.79 Å². The van der Waals surface area contributed by atoms with Crippen LogP contribution in [0.25, 0.3) is 0 Å². The van der Waals surface area contributed by atoms with Crippen molar-refractivity contribution >= 4 is 40.1 Å². The van der Waals surface area contributed by atoms with Crippen LogP contribution in [0.3, 0.4) is 0 Å². The van der Waals surface area contributed by atoms with Crippen LogP contribution < -0.4 is 0 Å². The van der Waals surface area contributed by atoms with Crippen LogP contribution in [-0.4, -0.2) is 23.2 Å². The van der Waals surface area contributed by atoms with Gasteiger partial charge >= 0.3 is 0 Å². The van der Waals surface area contributed by atoms with Gasteiger partial charge in [-0.25, -0.2) is 0 Å². The Morgan fingerprint density at radius 2 is 1.70 bits per heavy atom. The topological polar surface area (TPSA) is 20.3 Å². The van der Waals surface area contributed by atoms with E-state index >= 15 is 0 Å². The fourth-order valence-corrected chi connectivity index (χ4v) is 2.79. The molecule has 0 aliphatic rings. The maximum atomic E-state index is 12.6. The van der Waals surface area contributed by atoms with Gasteiger partial charge in [0.2, 0.25) is 0 Å². The third kappa shape index (κ3) is 3.96. The molecule has 0 aliphatic carbocycles. The molecule has 0 N–H and O–H groups in total. The number of rotatable bonds is 5. The highest BCUT2D eigenvalue weighted by Crippen LogP contribution is 2.16. The van der Waals surface area contributed by atoms with E-state index in [0.29, 0.717) is 19.0 Å². The first-order valence-electron chi connectivity index (χ1n) is 6.36. The Balaban J connectivity index is 2.20. The average molecular weight is 400 g/mol. The van der Waals surface area contributed by atoms with Gasteiger partial charge in [0, 0.05) is 22.5 Å². The number of hydrogen-bond acceptors (Lipinski definition) is 1. The number of amides is 1. The molecule has 0 spiro atoms. The van der Waals surface area contributed by atoms with Crippen molar-refractivity contribution in [1.82, 2.24) is 4.90 Å². The number of nitrogens with zero attached hydrogens (tertiary/aromatic N) is 1. The van der Waals surface area contributed by atoms with Crippen LogP contribution in [0, 0.1) is 3.57 Å². The predicted octanol–water partition coefficient (Wildman–Crippen LogP) is 4.17. The molecule has 0 fully saturated rings. The van der Waals surface area contributed by atoms with Gasteiger partial charge in [-0.05, 0) is 40.3 Å². The van der Waals surface area contributed by atoms with Crippen LogP contribution in [0.5, 0.6) is 0 Å². The van der Waals surface area contributed by atoms with Crippen molar-refractivity contribution in [3.63, 3.8) is 0 Å². The first-order chi connectivity index (χ1) is 9.72. The number of benzene rings is 2. The standard InChI is InChI=1S/C16H15ClINO/c17-10-11-19(12-13-6-2-1-3-7-13)16(20)14-8-4-5-9-15(14)18/h1-9H,10-12H2. The van der Waals surface area contributed by atoms with Gasteiger partial charge in [0.1, 0.15) is 0 Å². The van der Waals surface area contributed by atoms with E-state index in [4.69, 9.17) is 11.6 Å². The first kappa shape index (κ1) is 15.3. The van der Waals surface area contributed by atoms with E-state index in [0.717, 1.165) is 14.7 Å². The van der Waals surface area contributed by atoms with Gasteiger partial charge in [0.25, 0.3) is 5.91 Å². The molecule has 1 amide bonds. The zero-order chi connectivity index (χ0) is 14.4. The van der Waals surface area contributed by atoms with E-state index in [1.54, 1.807) is 4.90 Å². The zero-order valence-corrected chi connectivity index (χ0v) is 13.8. The molecule has 0 unspecified atom stereocenters. The van der Waals surface area contributed by atoms with Crippen LogP contribution in [0.2, 0.25) is 0 Å². The van der Waals surface area contributed by atoms with E-state index in [1.165, 1.54) is 0 Å². The molecule has 0 saturated heterocycles. The summed E-state index contributed by atoms with van der Waals surface area (Å²) in [6, 6.07) is 17.6. The summed E-state index contributed by atoms with van der Waals surface area (Å²) in [6.07, 6.45) is 0. The number of halogens is 2. The second-order valence-corrected chi connectivity index (χ2v) is 5.92. The van der Waals surface area contributed by atoms with Gasteiger partial charge in [0.05, 0.1) is 5.56 Å². The fourth-order valence-electron chi connectivity index (χ4n) is 1.96. The Labute approximate surface area is 137 Å². The number of alkyl halides is 1.